The second-order valence-corrected chi connectivity index (χ2v) is 5.83. The first-order valence-electron chi connectivity index (χ1n) is 7.76. The molecule has 0 bridgehead atoms. The van der Waals surface area contributed by atoms with Crippen molar-refractivity contribution in [2.75, 3.05) is 36.4 Å². The van der Waals surface area contributed by atoms with Crippen LogP contribution < -0.4 is 10.2 Å². The number of hydrogen-bond donors (Lipinski definition) is 1. The largest absolute Gasteiger partial charge is 0.353 e. The number of aromatic nitrogens is 2. The van der Waals surface area contributed by atoms with Crippen molar-refractivity contribution < 1.29 is 4.79 Å². The monoisotopic (exact) mass is 311 g/mol. The molecule has 1 aliphatic heterocycles. The molecule has 0 spiro atoms. The Labute approximate surface area is 136 Å². The Balaban J connectivity index is 1.74. The highest BCUT2D eigenvalue weighted by Crippen LogP contribution is 2.22. The number of rotatable bonds is 4. The van der Waals surface area contributed by atoms with E-state index in [0.29, 0.717) is 0 Å². The summed E-state index contributed by atoms with van der Waals surface area (Å²) in [6, 6.07) is 8.24. The van der Waals surface area contributed by atoms with E-state index in [4.69, 9.17) is 0 Å². The van der Waals surface area contributed by atoms with Crippen LogP contribution >= 0.6 is 0 Å². The summed E-state index contributed by atoms with van der Waals surface area (Å²) in [5.74, 6) is 1.66. The molecule has 2 aromatic rings. The molecule has 23 heavy (non-hydrogen) atoms. The van der Waals surface area contributed by atoms with E-state index in [1.54, 1.807) is 11.2 Å². The maximum atomic E-state index is 10.8. The Morgan fingerprint density at radius 3 is 2.57 bits per heavy atom. The molecule has 0 unspecified atom stereocenters. The van der Waals surface area contributed by atoms with Gasteiger partial charge in [0.1, 0.15) is 18.0 Å². The van der Waals surface area contributed by atoms with Crippen molar-refractivity contribution in [1.29, 1.82) is 0 Å². The number of amides is 1. The van der Waals surface area contributed by atoms with Crippen molar-refractivity contribution in [3.05, 3.63) is 41.7 Å². The number of nitrogens with zero attached hydrogens (tertiary/aromatic N) is 4. The maximum absolute atomic E-state index is 10.8. The standard InChI is InChI=1S/C17H21N5O/c1-13-3-4-15(14(2)9-13)20-16-10-17(19-11-18-16)22-7-5-21(12-23)6-8-22/h3-4,9-12H,5-8H2,1-2H3,(H,18,19,20). The van der Waals surface area contributed by atoms with Crippen molar-refractivity contribution in [3.63, 3.8) is 0 Å². The van der Waals surface area contributed by atoms with Gasteiger partial charge in [-0.25, -0.2) is 9.97 Å². The fraction of sp³-hybridized carbons (Fsp3) is 0.353. The lowest BCUT2D eigenvalue weighted by Gasteiger charge is -2.33. The van der Waals surface area contributed by atoms with Crippen LogP contribution in [0.3, 0.4) is 0 Å². The molecular formula is C17H21N5O. The van der Waals surface area contributed by atoms with E-state index in [1.807, 2.05) is 6.07 Å². The van der Waals surface area contributed by atoms with Gasteiger partial charge in [0.15, 0.2) is 0 Å². The van der Waals surface area contributed by atoms with Crippen LogP contribution in [0.15, 0.2) is 30.6 Å². The Hall–Kier alpha value is -2.63. The Morgan fingerprint density at radius 1 is 1.09 bits per heavy atom. The summed E-state index contributed by atoms with van der Waals surface area (Å²) in [5.41, 5.74) is 3.47. The molecule has 1 aromatic heterocycles. The smallest absolute Gasteiger partial charge is 0.209 e. The number of anilines is 3. The normalized spacial score (nSPS) is 14.7. The van der Waals surface area contributed by atoms with E-state index < -0.39 is 0 Å². The van der Waals surface area contributed by atoms with Crippen LogP contribution in [0.25, 0.3) is 0 Å². The lowest BCUT2D eigenvalue weighted by Crippen LogP contribution is -2.46. The fourth-order valence-corrected chi connectivity index (χ4v) is 2.74. The zero-order valence-electron chi connectivity index (χ0n) is 13.5. The molecule has 1 fully saturated rings. The van der Waals surface area contributed by atoms with Crippen molar-refractivity contribution >= 4 is 23.7 Å². The number of nitrogens with one attached hydrogen (secondary N) is 1. The average molecular weight is 311 g/mol. The first kappa shape index (κ1) is 15.3. The highest BCUT2D eigenvalue weighted by atomic mass is 16.1. The molecule has 0 radical (unpaired) electrons. The predicted octanol–water partition coefficient (Wildman–Crippen LogP) is 2.12. The van der Waals surface area contributed by atoms with E-state index in [-0.39, 0.29) is 0 Å². The minimum atomic E-state index is 0.729. The van der Waals surface area contributed by atoms with Gasteiger partial charge in [-0.1, -0.05) is 17.7 Å². The SMILES string of the molecule is Cc1ccc(Nc2cc(N3CCN(C=O)CC3)ncn2)c(C)c1. The molecule has 0 atom stereocenters. The zero-order chi connectivity index (χ0) is 16.2. The molecule has 1 aliphatic rings. The lowest BCUT2D eigenvalue weighted by molar-refractivity contribution is -0.118. The Bertz CT molecular complexity index is 695. The van der Waals surface area contributed by atoms with E-state index in [9.17, 15) is 4.79 Å². The van der Waals surface area contributed by atoms with E-state index >= 15 is 0 Å². The zero-order valence-corrected chi connectivity index (χ0v) is 13.5. The highest BCUT2D eigenvalue weighted by Gasteiger charge is 2.17. The highest BCUT2D eigenvalue weighted by molar-refractivity contribution is 5.63. The molecular weight excluding hydrogens is 290 g/mol. The molecule has 6 heteroatoms. The third-order valence-corrected chi connectivity index (χ3v) is 4.08. The number of piperazine rings is 1. The fourth-order valence-electron chi connectivity index (χ4n) is 2.74. The first-order chi connectivity index (χ1) is 11.2. The van der Waals surface area contributed by atoms with Gasteiger partial charge >= 0.3 is 0 Å². The molecule has 120 valence electrons. The average Bonchev–Trinajstić information content (AvgIpc) is 2.58. The van der Waals surface area contributed by atoms with Gasteiger partial charge in [-0.3, -0.25) is 4.79 Å². The van der Waals surface area contributed by atoms with E-state index in [1.165, 1.54) is 11.1 Å². The minimum Gasteiger partial charge on any atom is -0.353 e. The number of benzene rings is 1. The topological polar surface area (TPSA) is 61.4 Å². The van der Waals surface area contributed by atoms with Gasteiger partial charge in [0.2, 0.25) is 6.41 Å². The molecule has 1 saturated heterocycles. The molecule has 1 N–H and O–H groups in total. The van der Waals surface area contributed by atoms with Crippen LogP contribution in [0.1, 0.15) is 11.1 Å². The molecule has 3 rings (SSSR count). The maximum Gasteiger partial charge on any atom is 0.209 e. The van der Waals surface area contributed by atoms with Crippen molar-refractivity contribution in [1.82, 2.24) is 14.9 Å². The quantitative estimate of drug-likeness (QED) is 0.876. The van der Waals surface area contributed by atoms with Gasteiger partial charge in [0.25, 0.3) is 0 Å². The van der Waals surface area contributed by atoms with Crippen LogP contribution in [0, 0.1) is 13.8 Å². The van der Waals surface area contributed by atoms with Gasteiger partial charge in [0.05, 0.1) is 0 Å². The van der Waals surface area contributed by atoms with E-state index in [2.05, 4.69) is 52.2 Å². The summed E-state index contributed by atoms with van der Waals surface area (Å²) in [6.45, 7) is 7.20. The number of aryl methyl sites for hydroxylation is 2. The summed E-state index contributed by atoms with van der Waals surface area (Å²) in [4.78, 5) is 23.4. The van der Waals surface area contributed by atoms with Gasteiger partial charge < -0.3 is 15.1 Å². The molecule has 1 aromatic carbocycles. The minimum absolute atomic E-state index is 0.729. The first-order valence-corrected chi connectivity index (χ1v) is 7.76. The second kappa shape index (κ2) is 6.64. The van der Waals surface area contributed by atoms with Crippen LogP contribution in [-0.4, -0.2) is 47.5 Å². The predicted molar refractivity (Wildman–Crippen MR) is 91.1 cm³/mol. The Morgan fingerprint density at radius 2 is 1.87 bits per heavy atom. The number of carbonyl (C=O) groups excluding carboxylic acids is 1. The van der Waals surface area contributed by atoms with Gasteiger partial charge in [0, 0.05) is 37.9 Å². The van der Waals surface area contributed by atoms with Crippen LogP contribution in [0.4, 0.5) is 17.3 Å². The van der Waals surface area contributed by atoms with Crippen LogP contribution in [-0.2, 0) is 4.79 Å². The Kier molecular flexibility index (Phi) is 4.41. The van der Waals surface area contributed by atoms with Gasteiger partial charge in [-0.2, -0.15) is 0 Å². The third-order valence-electron chi connectivity index (χ3n) is 4.08. The van der Waals surface area contributed by atoms with E-state index in [0.717, 1.165) is 49.9 Å². The number of carbonyl (C=O) groups is 1. The summed E-state index contributed by atoms with van der Waals surface area (Å²) in [5, 5.41) is 3.35. The van der Waals surface area contributed by atoms with Crippen LogP contribution in [0.5, 0.6) is 0 Å². The summed E-state index contributed by atoms with van der Waals surface area (Å²) >= 11 is 0. The molecule has 2 heterocycles. The van der Waals surface area contributed by atoms with Crippen molar-refractivity contribution in [3.8, 4) is 0 Å². The number of hydrogen-bond acceptors (Lipinski definition) is 5. The molecule has 1 amide bonds. The summed E-state index contributed by atoms with van der Waals surface area (Å²) in [7, 11) is 0. The third kappa shape index (κ3) is 3.59. The van der Waals surface area contributed by atoms with Crippen LogP contribution in [0.2, 0.25) is 0 Å². The molecule has 0 saturated carbocycles. The van der Waals surface area contributed by atoms with Gasteiger partial charge in [-0.05, 0) is 25.5 Å². The molecule has 0 aliphatic carbocycles. The van der Waals surface area contributed by atoms with Gasteiger partial charge in [-0.15, -0.1) is 0 Å². The second-order valence-electron chi connectivity index (χ2n) is 5.83. The van der Waals surface area contributed by atoms with Crippen molar-refractivity contribution in [2.24, 2.45) is 0 Å². The molecule has 6 nitrogen and oxygen atoms in total. The summed E-state index contributed by atoms with van der Waals surface area (Å²) < 4.78 is 0. The lowest BCUT2D eigenvalue weighted by atomic mass is 10.1. The van der Waals surface area contributed by atoms with Crippen molar-refractivity contribution in [2.45, 2.75) is 13.8 Å². The summed E-state index contributed by atoms with van der Waals surface area (Å²) in [6.07, 6.45) is 2.48.